The molecule has 3 N–H and O–H groups in total. The number of rotatable bonds is 5. The highest BCUT2D eigenvalue weighted by Crippen LogP contribution is 2.23. The highest BCUT2D eigenvalue weighted by atomic mass is 19.1. The van der Waals surface area contributed by atoms with E-state index in [0.29, 0.717) is 17.3 Å². The van der Waals surface area contributed by atoms with Crippen molar-refractivity contribution in [1.82, 2.24) is 0 Å². The first-order chi connectivity index (χ1) is 8.54. The fourth-order valence-corrected chi connectivity index (χ4v) is 2.04. The minimum Gasteiger partial charge on any atom is -0.409 e. The average Bonchev–Trinajstić information content (AvgIpc) is 2.38. The normalized spacial score (nSPS) is 11.9. The van der Waals surface area contributed by atoms with Gasteiger partial charge in [-0.1, -0.05) is 19.0 Å². The molecule has 0 aromatic heterocycles. The summed E-state index contributed by atoms with van der Waals surface area (Å²) in [6.45, 7) is 4.15. The number of amidine groups is 1. The molecule has 0 saturated heterocycles. The highest BCUT2D eigenvalue weighted by Gasteiger charge is 2.15. The Hall–Kier alpha value is -1.78. The molecule has 18 heavy (non-hydrogen) atoms. The van der Waals surface area contributed by atoms with Gasteiger partial charge < -0.3 is 15.8 Å². The van der Waals surface area contributed by atoms with Crippen LogP contribution in [0.25, 0.3) is 0 Å². The molecule has 0 heterocycles. The zero-order valence-corrected chi connectivity index (χ0v) is 11.0. The van der Waals surface area contributed by atoms with Gasteiger partial charge in [0.1, 0.15) is 5.82 Å². The molecule has 1 aromatic carbocycles. The van der Waals surface area contributed by atoms with E-state index < -0.39 is 0 Å². The minimum atomic E-state index is -0.367. The Kier molecular flexibility index (Phi) is 4.95. The molecule has 0 radical (unpaired) electrons. The van der Waals surface area contributed by atoms with Crippen LogP contribution in [0.4, 0.5) is 10.1 Å². The SMILES string of the molecule is CCC(CC)N(C)c1ccc(/C(N)=N/O)cc1F. The average molecular weight is 253 g/mol. The number of oxime groups is 1. The predicted molar refractivity (Wildman–Crippen MR) is 71.7 cm³/mol. The van der Waals surface area contributed by atoms with Crippen molar-refractivity contribution in [2.75, 3.05) is 11.9 Å². The second-order valence-electron chi connectivity index (χ2n) is 4.23. The van der Waals surface area contributed by atoms with Crippen LogP contribution in [0.3, 0.4) is 0 Å². The van der Waals surface area contributed by atoms with Crippen molar-refractivity contribution in [3.05, 3.63) is 29.6 Å². The Labute approximate surface area is 107 Å². The quantitative estimate of drug-likeness (QED) is 0.367. The predicted octanol–water partition coefficient (Wildman–Crippen LogP) is 2.54. The molecular formula is C13H20FN3O. The molecule has 4 nitrogen and oxygen atoms in total. The Bertz CT molecular complexity index is 430. The standard InChI is InChI=1S/C13H20FN3O/c1-4-10(5-2)17(3)12-7-6-9(8-11(12)14)13(15)16-18/h6-8,10,18H,4-5H2,1-3H3,(H2,15,16). The van der Waals surface area contributed by atoms with Crippen LogP contribution in [0.15, 0.2) is 23.4 Å². The number of halogens is 1. The molecule has 0 aliphatic rings. The Balaban J connectivity index is 3.05. The summed E-state index contributed by atoms with van der Waals surface area (Å²) in [6.07, 6.45) is 1.91. The van der Waals surface area contributed by atoms with Gasteiger partial charge >= 0.3 is 0 Å². The van der Waals surface area contributed by atoms with Crippen LogP contribution in [0.1, 0.15) is 32.3 Å². The van der Waals surface area contributed by atoms with Crippen LogP contribution in [-0.4, -0.2) is 24.1 Å². The van der Waals surface area contributed by atoms with Gasteiger partial charge in [0.25, 0.3) is 0 Å². The van der Waals surface area contributed by atoms with Gasteiger partial charge in [-0.25, -0.2) is 4.39 Å². The zero-order valence-electron chi connectivity index (χ0n) is 11.0. The third-order valence-corrected chi connectivity index (χ3v) is 3.22. The maximum Gasteiger partial charge on any atom is 0.170 e. The fraction of sp³-hybridized carbons (Fsp3) is 0.462. The van der Waals surface area contributed by atoms with E-state index >= 15 is 0 Å². The first-order valence-electron chi connectivity index (χ1n) is 6.05. The summed E-state index contributed by atoms with van der Waals surface area (Å²) in [7, 11) is 1.87. The number of nitrogens with two attached hydrogens (primary N) is 1. The lowest BCUT2D eigenvalue weighted by Gasteiger charge is -2.28. The third-order valence-electron chi connectivity index (χ3n) is 3.22. The van der Waals surface area contributed by atoms with E-state index in [4.69, 9.17) is 10.9 Å². The van der Waals surface area contributed by atoms with E-state index in [-0.39, 0.29) is 11.7 Å². The summed E-state index contributed by atoms with van der Waals surface area (Å²) < 4.78 is 14.0. The summed E-state index contributed by atoms with van der Waals surface area (Å²) in [5.74, 6) is -0.459. The monoisotopic (exact) mass is 253 g/mol. The first kappa shape index (κ1) is 14.3. The van der Waals surface area contributed by atoms with E-state index in [0.717, 1.165) is 12.8 Å². The van der Waals surface area contributed by atoms with Gasteiger partial charge in [0.15, 0.2) is 5.84 Å². The van der Waals surface area contributed by atoms with Crippen molar-refractivity contribution >= 4 is 11.5 Å². The Morgan fingerprint density at radius 3 is 2.50 bits per heavy atom. The van der Waals surface area contributed by atoms with Gasteiger partial charge in [0, 0.05) is 18.7 Å². The summed E-state index contributed by atoms with van der Waals surface area (Å²) >= 11 is 0. The molecule has 1 aromatic rings. The van der Waals surface area contributed by atoms with E-state index in [2.05, 4.69) is 19.0 Å². The van der Waals surface area contributed by atoms with Crippen molar-refractivity contribution in [2.24, 2.45) is 10.9 Å². The molecular weight excluding hydrogens is 233 g/mol. The molecule has 0 spiro atoms. The fourth-order valence-electron chi connectivity index (χ4n) is 2.04. The van der Waals surface area contributed by atoms with Crippen LogP contribution in [0, 0.1) is 5.82 Å². The maximum atomic E-state index is 14.0. The maximum absolute atomic E-state index is 14.0. The van der Waals surface area contributed by atoms with Gasteiger partial charge in [0.2, 0.25) is 0 Å². The molecule has 5 heteroatoms. The summed E-state index contributed by atoms with van der Waals surface area (Å²) in [5.41, 5.74) is 6.32. The number of hydrogen-bond acceptors (Lipinski definition) is 3. The van der Waals surface area contributed by atoms with Gasteiger partial charge in [-0.2, -0.15) is 0 Å². The second-order valence-corrected chi connectivity index (χ2v) is 4.23. The third kappa shape index (κ3) is 2.91. The molecule has 0 amide bonds. The molecule has 0 aliphatic carbocycles. The van der Waals surface area contributed by atoms with Crippen molar-refractivity contribution in [2.45, 2.75) is 32.7 Å². The lowest BCUT2D eigenvalue weighted by atomic mass is 10.1. The number of benzene rings is 1. The number of anilines is 1. The molecule has 0 aliphatic heterocycles. The van der Waals surface area contributed by atoms with Crippen LogP contribution < -0.4 is 10.6 Å². The minimum absolute atomic E-state index is 0.0920. The van der Waals surface area contributed by atoms with E-state index in [9.17, 15) is 4.39 Å². The summed E-state index contributed by atoms with van der Waals surface area (Å²) in [6, 6.07) is 4.88. The lowest BCUT2D eigenvalue weighted by Crippen LogP contribution is -2.31. The van der Waals surface area contributed by atoms with E-state index in [1.165, 1.54) is 6.07 Å². The van der Waals surface area contributed by atoms with Crippen molar-refractivity contribution in [3.63, 3.8) is 0 Å². The van der Waals surface area contributed by atoms with E-state index in [1.54, 1.807) is 12.1 Å². The van der Waals surface area contributed by atoms with Gasteiger partial charge in [-0.05, 0) is 31.0 Å². The summed E-state index contributed by atoms with van der Waals surface area (Å²) in [5, 5.41) is 11.4. The molecule has 0 saturated carbocycles. The summed E-state index contributed by atoms with van der Waals surface area (Å²) in [4.78, 5) is 1.92. The van der Waals surface area contributed by atoms with Crippen molar-refractivity contribution in [1.29, 1.82) is 0 Å². The Morgan fingerprint density at radius 2 is 2.06 bits per heavy atom. The van der Waals surface area contributed by atoms with E-state index in [1.807, 2.05) is 11.9 Å². The molecule has 0 bridgehead atoms. The first-order valence-corrected chi connectivity index (χ1v) is 6.05. The molecule has 100 valence electrons. The second kappa shape index (κ2) is 6.23. The van der Waals surface area contributed by atoms with Crippen LogP contribution in [0.2, 0.25) is 0 Å². The smallest absolute Gasteiger partial charge is 0.170 e. The largest absolute Gasteiger partial charge is 0.409 e. The van der Waals surface area contributed by atoms with Gasteiger partial charge in [-0.15, -0.1) is 0 Å². The van der Waals surface area contributed by atoms with Gasteiger partial charge in [-0.3, -0.25) is 0 Å². The van der Waals surface area contributed by atoms with Crippen LogP contribution in [0.5, 0.6) is 0 Å². The van der Waals surface area contributed by atoms with Crippen molar-refractivity contribution in [3.8, 4) is 0 Å². The molecule has 0 fully saturated rings. The van der Waals surface area contributed by atoms with Gasteiger partial charge in [0.05, 0.1) is 5.69 Å². The number of hydrogen-bond donors (Lipinski definition) is 2. The molecule has 0 atom stereocenters. The Morgan fingerprint density at radius 1 is 1.44 bits per heavy atom. The van der Waals surface area contributed by atoms with Crippen molar-refractivity contribution < 1.29 is 9.60 Å². The molecule has 1 rings (SSSR count). The zero-order chi connectivity index (χ0) is 13.7. The van der Waals surface area contributed by atoms with Crippen LogP contribution in [-0.2, 0) is 0 Å². The lowest BCUT2D eigenvalue weighted by molar-refractivity contribution is 0.318. The topological polar surface area (TPSA) is 61.8 Å². The number of nitrogens with zero attached hydrogens (tertiary/aromatic N) is 2. The molecule has 0 unspecified atom stereocenters. The van der Waals surface area contributed by atoms with Crippen LogP contribution >= 0.6 is 0 Å². The highest BCUT2D eigenvalue weighted by molar-refractivity contribution is 5.97.